The van der Waals surface area contributed by atoms with Crippen molar-refractivity contribution in [1.29, 1.82) is 0 Å². The Labute approximate surface area is 93.1 Å². The van der Waals surface area contributed by atoms with Gasteiger partial charge in [-0.05, 0) is 26.2 Å². The van der Waals surface area contributed by atoms with Crippen molar-refractivity contribution in [2.75, 3.05) is 0 Å². The van der Waals surface area contributed by atoms with E-state index >= 15 is 0 Å². The van der Waals surface area contributed by atoms with Gasteiger partial charge in [0.2, 0.25) is 5.91 Å². The zero-order valence-corrected chi connectivity index (χ0v) is 10.3. The Hall–Kier alpha value is -0.830. The number of hydrogen-bond acceptors (Lipinski definition) is 2. The minimum atomic E-state index is -0.334. The van der Waals surface area contributed by atoms with Crippen molar-refractivity contribution in [2.24, 2.45) is 5.73 Å². The molecule has 88 valence electrons. The molecular weight excluding hydrogens is 188 g/mol. The van der Waals surface area contributed by atoms with Gasteiger partial charge in [-0.15, -0.1) is 0 Å². The minimum absolute atomic E-state index is 0.252. The summed E-state index contributed by atoms with van der Waals surface area (Å²) in [6.07, 6.45) is 5.12. The molecule has 0 bridgehead atoms. The smallest absolute Gasteiger partial charge is 0.244 e. The number of rotatable bonds is 7. The molecule has 0 aromatic carbocycles. The molecule has 0 aromatic rings. The number of carbonyl (C=O) groups excluding carboxylic acids is 1. The van der Waals surface area contributed by atoms with E-state index in [1.54, 1.807) is 6.92 Å². The van der Waals surface area contributed by atoms with Crippen LogP contribution < -0.4 is 11.1 Å². The summed E-state index contributed by atoms with van der Waals surface area (Å²) in [5.74, 6) is -0.334. The second-order valence-corrected chi connectivity index (χ2v) is 3.91. The maximum atomic E-state index is 10.9. The van der Waals surface area contributed by atoms with Crippen molar-refractivity contribution < 1.29 is 4.79 Å². The van der Waals surface area contributed by atoms with Crippen LogP contribution in [0.25, 0.3) is 0 Å². The van der Waals surface area contributed by atoms with Gasteiger partial charge in [-0.3, -0.25) is 4.79 Å². The topological polar surface area (TPSA) is 55.1 Å². The van der Waals surface area contributed by atoms with E-state index in [9.17, 15) is 4.79 Å². The molecule has 1 unspecified atom stereocenters. The Morgan fingerprint density at radius 2 is 1.80 bits per heavy atom. The predicted octanol–water partition coefficient (Wildman–Crippen LogP) is 1.97. The predicted molar refractivity (Wildman–Crippen MR) is 64.5 cm³/mol. The number of hydrogen-bond donors (Lipinski definition) is 2. The Morgan fingerprint density at radius 3 is 2.13 bits per heavy atom. The summed E-state index contributed by atoms with van der Waals surface area (Å²) in [6.45, 7) is 8.20. The van der Waals surface area contributed by atoms with Crippen molar-refractivity contribution >= 4 is 5.91 Å². The number of primary amides is 1. The van der Waals surface area contributed by atoms with Crippen LogP contribution in [-0.2, 0) is 4.79 Å². The Balaban J connectivity index is 4.36. The van der Waals surface area contributed by atoms with Gasteiger partial charge in [0.15, 0.2) is 0 Å². The van der Waals surface area contributed by atoms with Crippen LogP contribution in [0, 0.1) is 0 Å². The van der Waals surface area contributed by atoms with Crippen LogP contribution in [0.1, 0.15) is 47.0 Å². The highest BCUT2D eigenvalue weighted by Crippen LogP contribution is 2.04. The maximum absolute atomic E-state index is 10.9. The molecule has 15 heavy (non-hydrogen) atoms. The molecule has 0 aliphatic heterocycles. The van der Waals surface area contributed by atoms with Crippen molar-refractivity contribution in [3.8, 4) is 0 Å². The molecule has 1 amide bonds. The quantitative estimate of drug-likeness (QED) is 0.634. The zero-order valence-electron chi connectivity index (χ0n) is 10.3. The lowest BCUT2D eigenvalue weighted by Gasteiger charge is -2.21. The van der Waals surface area contributed by atoms with Gasteiger partial charge in [0.05, 0.1) is 0 Å². The van der Waals surface area contributed by atoms with E-state index in [1.807, 2.05) is 6.08 Å². The van der Waals surface area contributed by atoms with Gasteiger partial charge >= 0.3 is 0 Å². The second-order valence-electron chi connectivity index (χ2n) is 3.91. The van der Waals surface area contributed by atoms with Crippen molar-refractivity contribution in [3.05, 3.63) is 11.6 Å². The summed E-state index contributed by atoms with van der Waals surface area (Å²) in [5.41, 5.74) is 5.84. The standard InChI is InChI=1S/C12H24N2O/c1-5-10(6-2)14-11(7-3)8-9(4)12(13)15/h8,10-11,14H,5-7H2,1-4H3,(H2,13,15)/b9-8+. The van der Waals surface area contributed by atoms with Crippen LogP contribution in [0.2, 0.25) is 0 Å². The lowest BCUT2D eigenvalue weighted by Crippen LogP contribution is -2.36. The molecule has 3 heteroatoms. The summed E-state index contributed by atoms with van der Waals surface area (Å²) in [6, 6.07) is 0.772. The van der Waals surface area contributed by atoms with Gasteiger partial charge < -0.3 is 11.1 Å². The lowest BCUT2D eigenvalue weighted by atomic mass is 10.1. The molecule has 0 aliphatic carbocycles. The van der Waals surface area contributed by atoms with Crippen LogP contribution in [0.4, 0.5) is 0 Å². The third kappa shape index (κ3) is 5.57. The highest BCUT2D eigenvalue weighted by atomic mass is 16.1. The van der Waals surface area contributed by atoms with Crippen LogP contribution in [-0.4, -0.2) is 18.0 Å². The number of nitrogens with two attached hydrogens (primary N) is 1. The average molecular weight is 212 g/mol. The molecule has 0 rings (SSSR count). The fourth-order valence-electron chi connectivity index (χ4n) is 1.49. The third-order valence-electron chi connectivity index (χ3n) is 2.72. The molecule has 0 spiro atoms. The molecule has 3 nitrogen and oxygen atoms in total. The molecular formula is C12H24N2O. The number of carbonyl (C=O) groups is 1. The van der Waals surface area contributed by atoms with Gasteiger partial charge in [0, 0.05) is 17.7 Å². The van der Waals surface area contributed by atoms with Crippen molar-refractivity contribution in [1.82, 2.24) is 5.32 Å². The fraction of sp³-hybridized carbons (Fsp3) is 0.750. The normalized spacial score (nSPS) is 14.3. The molecule has 0 radical (unpaired) electrons. The first-order chi connectivity index (χ1) is 7.04. The van der Waals surface area contributed by atoms with E-state index in [1.165, 1.54) is 0 Å². The van der Waals surface area contributed by atoms with E-state index in [-0.39, 0.29) is 11.9 Å². The van der Waals surface area contributed by atoms with Gasteiger partial charge in [0.25, 0.3) is 0 Å². The summed E-state index contributed by atoms with van der Waals surface area (Å²) >= 11 is 0. The molecule has 3 N–H and O–H groups in total. The summed E-state index contributed by atoms with van der Waals surface area (Å²) in [5, 5.41) is 3.50. The molecule has 1 atom stereocenters. The third-order valence-corrected chi connectivity index (χ3v) is 2.72. The van der Waals surface area contributed by atoms with Gasteiger partial charge in [-0.1, -0.05) is 26.8 Å². The van der Waals surface area contributed by atoms with Crippen LogP contribution in [0.15, 0.2) is 11.6 Å². The van der Waals surface area contributed by atoms with E-state index in [0.29, 0.717) is 11.6 Å². The van der Waals surface area contributed by atoms with Gasteiger partial charge in [-0.25, -0.2) is 0 Å². The molecule has 0 heterocycles. The molecule has 0 saturated carbocycles. The van der Waals surface area contributed by atoms with Crippen molar-refractivity contribution in [3.63, 3.8) is 0 Å². The van der Waals surface area contributed by atoms with E-state index in [0.717, 1.165) is 19.3 Å². The molecule has 0 aromatic heterocycles. The van der Waals surface area contributed by atoms with Crippen LogP contribution in [0.3, 0.4) is 0 Å². The average Bonchev–Trinajstić information content (AvgIpc) is 2.23. The summed E-state index contributed by atoms with van der Waals surface area (Å²) < 4.78 is 0. The first-order valence-corrected chi connectivity index (χ1v) is 5.79. The van der Waals surface area contributed by atoms with Gasteiger partial charge in [-0.2, -0.15) is 0 Å². The van der Waals surface area contributed by atoms with E-state index in [4.69, 9.17) is 5.73 Å². The largest absolute Gasteiger partial charge is 0.366 e. The SMILES string of the molecule is CCC(/C=C(\C)C(N)=O)NC(CC)CC. The fourth-order valence-corrected chi connectivity index (χ4v) is 1.49. The molecule has 0 fully saturated rings. The highest BCUT2D eigenvalue weighted by molar-refractivity contribution is 5.91. The first kappa shape index (κ1) is 14.2. The number of nitrogens with one attached hydrogen (secondary N) is 1. The maximum Gasteiger partial charge on any atom is 0.244 e. The molecule has 0 saturated heterocycles. The second kappa shape index (κ2) is 7.46. The first-order valence-electron chi connectivity index (χ1n) is 5.79. The Morgan fingerprint density at radius 1 is 1.27 bits per heavy atom. The van der Waals surface area contributed by atoms with Crippen LogP contribution in [0.5, 0.6) is 0 Å². The zero-order chi connectivity index (χ0) is 11.8. The van der Waals surface area contributed by atoms with Crippen molar-refractivity contribution in [2.45, 2.75) is 59.0 Å². The Kier molecular flexibility index (Phi) is 7.05. The number of amides is 1. The van der Waals surface area contributed by atoms with E-state index in [2.05, 4.69) is 26.1 Å². The highest BCUT2D eigenvalue weighted by Gasteiger charge is 2.10. The Bertz CT molecular complexity index is 220. The minimum Gasteiger partial charge on any atom is -0.366 e. The molecule has 0 aliphatic rings. The van der Waals surface area contributed by atoms with Crippen LogP contribution >= 0.6 is 0 Å². The van der Waals surface area contributed by atoms with Gasteiger partial charge in [0.1, 0.15) is 0 Å². The lowest BCUT2D eigenvalue weighted by molar-refractivity contribution is -0.114. The summed E-state index contributed by atoms with van der Waals surface area (Å²) in [7, 11) is 0. The summed E-state index contributed by atoms with van der Waals surface area (Å²) in [4.78, 5) is 10.9. The monoisotopic (exact) mass is 212 g/mol. The van der Waals surface area contributed by atoms with E-state index < -0.39 is 0 Å².